The number of carbonyl (C=O) groups is 1. The van der Waals surface area contributed by atoms with Gasteiger partial charge < -0.3 is 40.3 Å². The van der Waals surface area contributed by atoms with Gasteiger partial charge in [-0.3, -0.25) is 4.79 Å². The summed E-state index contributed by atoms with van der Waals surface area (Å²) in [7, 11) is 0. The molecule has 1 aliphatic rings. The van der Waals surface area contributed by atoms with Gasteiger partial charge in [-0.1, -0.05) is 128 Å². The Morgan fingerprint density at radius 3 is 1.72 bits per heavy atom. The number of aliphatic hydroxyl groups is 5. The molecule has 0 bridgehead atoms. The summed E-state index contributed by atoms with van der Waals surface area (Å²) in [5.41, 5.74) is 0. The number of nitrogens with one attached hydrogen (secondary N) is 1. The van der Waals surface area contributed by atoms with Crippen LogP contribution in [0.15, 0.2) is 24.3 Å². The maximum Gasteiger partial charge on any atom is 0.220 e. The van der Waals surface area contributed by atoms with Gasteiger partial charge in [-0.2, -0.15) is 0 Å². The van der Waals surface area contributed by atoms with Gasteiger partial charge in [0.25, 0.3) is 0 Å². The molecule has 9 nitrogen and oxygen atoms in total. The molecule has 0 spiro atoms. The number of aliphatic hydroxyl groups excluding tert-OH is 5. The zero-order valence-corrected chi connectivity index (χ0v) is 29.8. The summed E-state index contributed by atoms with van der Waals surface area (Å²) in [6, 6.07) is -0.800. The SMILES string of the molecule is CCCCCCC/C=C/C(O)C(COC1OC(CO)C(O)C(O)C1O)NC(=O)CCCCCCCCC/C=C\CCCCCCCC. The lowest BCUT2D eigenvalue weighted by Crippen LogP contribution is -2.60. The van der Waals surface area contributed by atoms with Crippen molar-refractivity contribution < 1.29 is 39.8 Å². The monoisotopic (exact) mass is 670 g/mol. The van der Waals surface area contributed by atoms with Crippen LogP contribution in [0.5, 0.6) is 0 Å². The summed E-state index contributed by atoms with van der Waals surface area (Å²) >= 11 is 0. The van der Waals surface area contributed by atoms with Crippen LogP contribution in [0.1, 0.15) is 155 Å². The molecule has 1 rings (SSSR count). The molecule has 7 unspecified atom stereocenters. The second-order valence-corrected chi connectivity index (χ2v) is 13.4. The van der Waals surface area contributed by atoms with Crippen LogP contribution in [0.3, 0.4) is 0 Å². The summed E-state index contributed by atoms with van der Waals surface area (Å²) in [6.07, 6.45) is 25.2. The highest BCUT2D eigenvalue weighted by Crippen LogP contribution is 2.22. The van der Waals surface area contributed by atoms with E-state index in [1.54, 1.807) is 6.08 Å². The average Bonchev–Trinajstić information content (AvgIpc) is 3.07. The molecule has 6 N–H and O–H groups in total. The maximum absolute atomic E-state index is 12.8. The number of allylic oxidation sites excluding steroid dienone is 3. The molecule has 276 valence electrons. The minimum Gasteiger partial charge on any atom is -0.394 e. The normalized spacial score (nSPS) is 23.1. The molecule has 0 aliphatic carbocycles. The van der Waals surface area contributed by atoms with Crippen LogP contribution in [0, 0.1) is 0 Å². The Morgan fingerprint density at radius 2 is 1.19 bits per heavy atom. The largest absolute Gasteiger partial charge is 0.394 e. The third-order valence-corrected chi connectivity index (χ3v) is 9.02. The number of amides is 1. The van der Waals surface area contributed by atoms with Crippen molar-refractivity contribution in [2.75, 3.05) is 13.2 Å². The van der Waals surface area contributed by atoms with E-state index in [0.717, 1.165) is 44.9 Å². The molecule has 47 heavy (non-hydrogen) atoms. The number of carbonyl (C=O) groups excluding carboxylic acids is 1. The first-order valence-corrected chi connectivity index (χ1v) is 19.1. The fourth-order valence-electron chi connectivity index (χ4n) is 5.85. The van der Waals surface area contributed by atoms with Gasteiger partial charge in [-0.25, -0.2) is 0 Å². The third kappa shape index (κ3) is 21.4. The van der Waals surface area contributed by atoms with Gasteiger partial charge in [0, 0.05) is 6.42 Å². The van der Waals surface area contributed by atoms with Crippen molar-refractivity contribution in [1.82, 2.24) is 5.32 Å². The summed E-state index contributed by atoms with van der Waals surface area (Å²) in [5, 5.41) is 53.6. The molecule has 0 aromatic carbocycles. The molecule has 1 fully saturated rings. The van der Waals surface area contributed by atoms with E-state index in [1.165, 1.54) is 89.9 Å². The standard InChI is InChI=1S/C38H71NO8/c1-3-5-7-9-11-12-13-14-15-16-17-18-19-20-22-24-26-28-34(42)39-31(32(41)27-25-23-21-10-8-6-4-2)30-46-38-37(45)36(44)35(43)33(29-40)47-38/h14-15,25,27,31-33,35-38,40-41,43-45H,3-13,16-24,26,28-30H2,1-2H3,(H,39,42)/b15-14-,27-25+. The van der Waals surface area contributed by atoms with E-state index in [4.69, 9.17) is 9.47 Å². The van der Waals surface area contributed by atoms with Crippen molar-refractivity contribution in [2.45, 2.75) is 198 Å². The summed E-state index contributed by atoms with van der Waals surface area (Å²) in [5.74, 6) is -0.188. The fourth-order valence-corrected chi connectivity index (χ4v) is 5.85. The Bertz CT molecular complexity index is 792. The van der Waals surface area contributed by atoms with Crippen LogP contribution in [0.4, 0.5) is 0 Å². The van der Waals surface area contributed by atoms with Crippen LogP contribution in [-0.4, -0.2) is 87.5 Å². The summed E-state index contributed by atoms with van der Waals surface area (Å²) < 4.78 is 11.1. The van der Waals surface area contributed by atoms with Crippen LogP contribution in [0.2, 0.25) is 0 Å². The smallest absolute Gasteiger partial charge is 0.220 e. The number of rotatable bonds is 30. The Labute approximate surface area is 286 Å². The van der Waals surface area contributed by atoms with E-state index in [1.807, 2.05) is 6.08 Å². The van der Waals surface area contributed by atoms with E-state index in [9.17, 15) is 30.3 Å². The molecule has 0 aromatic heterocycles. The van der Waals surface area contributed by atoms with E-state index in [2.05, 4.69) is 31.3 Å². The predicted molar refractivity (Wildman–Crippen MR) is 189 cm³/mol. The minimum absolute atomic E-state index is 0.188. The van der Waals surface area contributed by atoms with Crippen molar-refractivity contribution >= 4 is 5.91 Å². The molecule has 9 heteroatoms. The topological polar surface area (TPSA) is 149 Å². The van der Waals surface area contributed by atoms with Crippen molar-refractivity contribution in [1.29, 1.82) is 0 Å². The highest BCUT2D eigenvalue weighted by atomic mass is 16.7. The van der Waals surface area contributed by atoms with Gasteiger partial charge in [0.1, 0.15) is 24.4 Å². The molecule has 1 saturated heterocycles. The number of hydrogen-bond donors (Lipinski definition) is 6. The summed E-state index contributed by atoms with van der Waals surface area (Å²) in [4.78, 5) is 12.8. The van der Waals surface area contributed by atoms with Crippen LogP contribution < -0.4 is 5.32 Å². The molecule has 0 radical (unpaired) electrons. The second kappa shape index (κ2) is 29.6. The van der Waals surface area contributed by atoms with Crippen LogP contribution >= 0.6 is 0 Å². The quantitative estimate of drug-likeness (QED) is 0.0381. The van der Waals surface area contributed by atoms with E-state index >= 15 is 0 Å². The first kappa shape index (κ1) is 43.7. The zero-order chi connectivity index (χ0) is 34.5. The van der Waals surface area contributed by atoms with Gasteiger partial charge in [0.05, 0.1) is 25.4 Å². The van der Waals surface area contributed by atoms with Gasteiger partial charge in [-0.15, -0.1) is 0 Å². The molecule has 0 aromatic rings. The first-order valence-electron chi connectivity index (χ1n) is 19.1. The van der Waals surface area contributed by atoms with Crippen molar-refractivity contribution in [3.63, 3.8) is 0 Å². The Hall–Kier alpha value is -1.33. The second-order valence-electron chi connectivity index (χ2n) is 13.4. The zero-order valence-electron chi connectivity index (χ0n) is 29.8. The van der Waals surface area contributed by atoms with Gasteiger partial charge in [-0.05, 0) is 44.9 Å². The molecule has 1 amide bonds. The number of ether oxygens (including phenoxy) is 2. The van der Waals surface area contributed by atoms with Crippen LogP contribution in [-0.2, 0) is 14.3 Å². The first-order chi connectivity index (χ1) is 22.8. The Morgan fingerprint density at radius 1 is 0.702 bits per heavy atom. The molecule has 1 heterocycles. The molecular formula is C38H71NO8. The Kier molecular flexibility index (Phi) is 27.5. The lowest BCUT2D eigenvalue weighted by molar-refractivity contribution is -0.302. The maximum atomic E-state index is 12.8. The Balaban J connectivity index is 2.37. The summed E-state index contributed by atoms with van der Waals surface area (Å²) in [6.45, 7) is 3.68. The molecule has 7 atom stereocenters. The third-order valence-electron chi connectivity index (χ3n) is 9.02. The molecular weight excluding hydrogens is 598 g/mol. The number of hydrogen-bond acceptors (Lipinski definition) is 8. The highest BCUT2D eigenvalue weighted by molar-refractivity contribution is 5.76. The van der Waals surface area contributed by atoms with Crippen molar-refractivity contribution in [3.05, 3.63) is 24.3 Å². The van der Waals surface area contributed by atoms with Crippen molar-refractivity contribution in [2.24, 2.45) is 0 Å². The predicted octanol–water partition coefficient (Wildman–Crippen LogP) is 6.38. The minimum atomic E-state index is -1.56. The van der Waals surface area contributed by atoms with E-state index < -0.39 is 49.5 Å². The molecule has 1 aliphatic heterocycles. The lowest BCUT2D eigenvalue weighted by atomic mass is 9.99. The average molecular weight is 670 g/mol. The van der Waals surface area contributed by atoms with E-state index in [0.29, 0.717) is 6.42 Å². The van der Waals surface area contributed by atoms with Crippen molar-refractivity contribution in [3.8, 4) is 0 Å². The van der Waals surface area contributed by atoms with Gasteiger partial charge in [0.2, 0.25) is 5.91 Å². The van der Waals surface area contributed by atoms with Gasteiger partial charge >= 0.3 is 0 Å². The molecule has 0 saturated carbocycles. The number of unbranched alkanes of at least 4 members (excludes halogenated alkanes) is 18. The van der Waals surface area contributed by atoms with E-state index in [-0.39, 0.29) is 12.5 Å². The van der Waals surface area contributed by atoms with Gasteiger partial charge in [0.15, 0.2) is 6.29 Å². The fraction of sp³-hybridized carbons (Fsp3) is 0.868. The lowest BCUT2D eigenvalue weighted by Gasteiger charge is -2.40. The highest BCUT2D eigenvalue weighted by Gasteiger charge is 2.44. The van der Waals surface area contributed by atoms with Crippen LogP contribution in [0.25, 0.3) is 0 Å².